The Labute approximate surface area is 195 Å². The van der Waals surface area contributed by atoms with Gasteiger partial charge in [-0.15, -0.1) is 0 Å². The molecule has 0 saturated carbocycles. The summed E-state index contributed by atoms with van der Waals surface area (Å²) in [4.78, 5) is 0.301. The first-order chi connectivity index (χ1) is 15.5. The van der Waals surface area contributed by atoms with Crippen molar-refractivity contribution in [3.05, 3.63) is 65.6 Å². The molecule has 0 aliphatic heterocycles. The number of anilines is 2. The average Bonchev–Trinajstić information content (AvgIpc) is 3.11. The molecule has 9 heteroatoms. The van der Waals surface area contributed by atoms with Crippen LogP contribution in [0.1, 0.15) is 44.5 Å². The summed E-state index contributed by atoms with van der Waals surface area (Å²) in [5.41, 5.74) is 8.74. The Hall–Kier alpha value is -3.46. The normalized spacial score (nSPS) is 13.1. The van der Waals surface area contributed by atoms with Crippen LogP contribution in [0.2, 0.25) is 0 Å². The Morgan fingerprint density at radius 3 is 2.55 bits per heavy atom. The second-order valence-corrected chi connectivity index (χ2v) is 9.80. The average molecular weight is 471 g/mol. The molecule has 1 heterocycles. The first kappa shape index (κ1) is 24.2. The molecule has 1 unspecified atom stereocenters. The molecule has 4 N–H and O–H groups in total. The van der Waals surface area contributed by atoms with Crippen molar-refractivity contribution < 1.29 is 18.5 Å². The van der Waals surface area contributed by atoms with Gasteiger partial charge in [0.2, 0.25) is 0 Å². The van der Waals surface area contributed by atoms with Crippen molar-refractivity contribution in [2.75, 3.05) is 10.5 Å². The summed E-state index contributed by atoms with van der Waals surface area (Å²) in [6.07, 6.45) is 3.02. The van der Waals surface area contributed by atoms with Gasteiger partial charge in [0.15, 0.2) is 17.2 Å². The van der Waals surface area contributed by atoms with E-state index in [4.69, 9.17) is 5.73 Å². The lowest BCUT2D eigenvalue weighted by Gasteiger charge is -2.20. The highest BCUT2D eigenvalue weighted by molar-refractivity contribution is 7.86. The molecule has 2 aromatic carbocycles. The maximum atomic E-state index is 14.6. The molecular weight excluding hydrogens is 441 g/mol. The molecule has 3 rings (SSSR count). The zero-order chi connectivity index (χ0) is 24.5. The zero-order valence-electron chi connectivity index (χ0n) is 19.4. The standard InChI is InChI=1S/C24H29FN5O2S/c1-7-17-21(12-11-20(26)23(17)29(31)8-2)30-22(13-15(3)27-30)28-33(32)16-9-10-18(19(25)14-16)24(4,5)6/h7-14,28,31H,1,26H2,2-6H3/q+1/b29-8+. The maximum Gasteiger partial charge on any atom is 0.288 e. The highest BCUT2D eigenvalue weighted by atomic mass is 32.2. The molecule has 0 spiro atoms. The fourth-order valence-corrected chi connectivity index (χ4v) is 4.37. The molecule has 0 aliphatic rings. The summed E-state index contributed by atoms with van der Waals surface area (Å²) >= 11 is 0. The Balaban J connectivity index is 2.05. The van der Waals surface area contributed by atoms with E-state index in [0.29, 0.717) is 44.6 Å². The number of nitrogen functional groups attached to an aromatic ring is 1. The van der Waals surface area contributed by atoms with Crippen LogP contribution < -0.4 is 10.5 Å². The third-order valence-electron chi connectivity index (χ3n) is 5.12. The summed E-state index contributed by atoms with van der Waals surface area (Å²) in [7, 11) is -1.75. The van der Waals surface area contributed by atoms with Gasteiger partial charge in [-0.3, -0.25) is 9.93 Å². The molecular formula is C24H29FN5O2S+. The van der Waals surface area contributed by atoms with Gasteiger partial charge in [0.05, 0.1) is 21.8 Å². The van der Waals surface area contributed by atoms with Crippen molar-refractivity contribution in [1.82, 2.24) is 9.78 Å². The van der Waals surface area contributed by atoms with Gasteiger partial charge < -0.3 is 5.73 Å². The highest BCUT2D eigenvalue weighted by Crippen LogP contribution is 2.34. The van der Waals surface area contributed by atoms with E-state index in [9.17, 15) is 13.8 Å². The van der Waals surface area contributed by atoms with Crippen LogP contribution in [0.4, 0.5) is 21.6 Å². The van der Waals surface area contributed by atoms with Crippen molar-refractivity contribution in [2.45, 2.75) is 44.9 Å². The number of nitrogens with two attached hydrogens (primary N) is 1. The predicted molar refractivity (Wildman–Crippen MR) is 131 cm³/mol. The SMILES string of the molecule is C=Cc1c(-n2nc(C)cc2NS(=O)c2ccc(C(C)(C)C)c(F)c2)ccc(N)c1/[N+](O)=C\C. The van der Waals surface area contributed by atoms with Gasteiger partial charge in [-0.1, -0.05) is 39.5 Å². The summed E-state index contributed by atoms with van der Waals surface area (Å²) in [5, 5.41) is 14.8. The van der Waals surface area contributed by atoms with Crippen LogP contribution in [0.3, 0.4) is 0 Å². The number of nitrogens with zero attached hydrogens (tertiary/aromatic N) is 3. The number of halogens is 1. The van der Waals surface area contributed by atoms with E-state index in [1.165, 1.54) is 12.3 Å². The number of benzene rings is 2. The number of hydrogen-bond acceptors (Lipinski definition) is 4. The van der Waals surface area contributed by atoms with Gasteiger partial charge in [-0.2, -0.15) is 5.10 Å². The van der Waals surface area contributed by atoms with E-state index in [2.05, 4.69) is 16.4 Å². The number of aryl methyl sites for hydroxylation is 1. The third-order valence-corrected chi connectivity index (χ3v) is 6.20. The van der Waals surface area contributed by atoms with Gasteiger partial charge in [0, 0.05) is 17.7 Å². The lowest BCUT2D eigenvalue weighted by Crippen LogP contribution is -2.15. The molecule has 0 amide bonds. The van der Waals surface area contributed by atoms with Gasteiger partial charge in [-0.25, -0.2) is 13.3 Å². The minimum atomic E-state index is -1.75. The molecule has 1 atom stereocenters. The second kappa shape index (κ2) is 9.19. The van der Waals surface area contributed by atoms with E-state index in [1.54, 1.807) is 54.9 Å². The van der Waals surface area contributed by atoms with Crippen LogP contribution in [0.15, 0.2) is 47.9 Å². The molecule has 0 fully saturated rings. The van der Waals surface area contributed by atoms with E-state index in [-0.39, 0.29) is 5.41 Å². The summed E-state index contributed by atoms with van der Waals surface area (Å²) in [6.45, 7) is 13.1. The van der Waals surface area contributed by atoms with Gasteiger partial charge >= 0.3 is 0 Å². The molecule has 0 aliphatic carbocycles. The lowest BCUT2D eigenvalue weighted by atomic mass is 9.87. The molecule has 7 nitrogen and oxygen atoms in total. The molecule has 1 aromatic heterocycles. The van der Waals surface area contributed by atoms with Gasteiger partial charge in [-0.05, 0) is 42.2 Å². The van der Waals surface area contributed by atoms with E-state index < -0.39 is 16.8 Å². The van der Waals surface area contributed by atoms with Crippen LogP contribution >= 0.6 is 0 Å². The first-order valence-corrected chi connectivity index (χ1v) is 11.5. The van der Waals surface area contributed by atoms with Crippen LogP contribution in [0, 0.1) is 12.7 Å². The number of hydrogen-bond donors (Lipinski definition) is 3. The molecule has 3 aromatic rings. The quantitative estimate of drug-likeness (QED) is 0.154. The van der Waals surface area contributed by atoms with Gasteiger partial charge in [0.1, 0.15) is 17.3 Å². The monoisotopic (exact) mass is 470 g/mol. The second-order valence-electron chi connectivity index (χ2n) is 8.59. The highest BCUT2D eigenvalue weighted by Gasteiger charge is 2.24. The number of rotatable bonds is 6. The Kier molecular flexibility index (Phi) is 6.73. The number of nitrogens with one attached hydrogen (secondary N) is 1. The molecule has 0 saturated heterocycles. The first-order valence-electron chi connectivity index (χ1n) is 10.4. The minimum Gasteiger partial charge on any atom is -0.393 e. The van der Waals surface area contributed by atoms with Crippen molar-refractivity contribution in [3.8, 4) is 5.69 Å². The minimum absolute atomic E-state index is 0.301. The lowest BCUT2D eigenvalue weighted by molar-refractivity contribution is -0.709. The zero-order valence-corrected chi connectivity index (χ0v) is 20.2. The van der Waals surface area contributed by atoms with Crippen molar-refractivity contribution >= 4 is 40.5 Å². The fraction of sp³-hybridized carbons (Fsp3) is 0.250. The van der Waals surface area contributed by atoms with Crippen LogP contribution in [-0.4, -0.2) is 30.2 Å². The summed E-state index contributed by atoms with van der Waals surface area (Å²) < 4.78 is 33.1. The largest absolute Gasteiger partial charge is 0.393 e. The topological polar surface area (TPSA) is 96.2 Å². The van der Waals surface area contributed by atoms with Gasteiger partial charge in [0.25, 0.3) is 5.69 Å². The maximum absolute atomic E-state index is 14.6. The Morgan fingerprint density at radius 2 is 1.97 bits per heavy atom. The Bertz CT molecular complexity index is 1270. The van der Waals surface area contributed by atoms with Crippen LogP contribution in [-0.2, 0) is 16.4 Å². The molecule has 0 bridgehead atoms. The van der Waals surface area contributed by atoms with E-state index >= 15 is 0 Å². The molecule has 33 heavy (non-hydrogen) atoms. The fourth-order valence-electron chi connectivity index (χ4n) is 3.51. The molecule has 174 valence electrons. The van der Waals surface area contributed by atoms with E-state index in [0.717, 1.165) is 4.74 Å². The van der Waals surface area contributed by atoms with Crippen molar-refractivity contribution in [1.29, 1.82) is 0 Å². The summed E-state index contributed by atoms with van der Waals surface area (Å²) in [5.74, 6) is 0.0192. The molecule has 0 radical (unpaired) electrons. The smallest absolute Gasteiger partial charge is 0.288 e. The summed E-state index contributed by atoms with van der Waals surface area (Å²) in [6, 6.07) is 9.70. The van der Waals surface area contributed by atoms with Crippen molar-refractivity contribution in [3.63, 3.8) is 0 Å². The number of aromatic nitrogens is 2. The van der Waals surface area contributed by atoms with Crippen LogP contribution in [0.25, 0.3) is 11.8 Å². The predicted octanol–water partition coefficient (Wildman–Crippen LogP) is 5.10. The van der Waals surface area contributed by atoms with Crippen LogP contribution in [0.5, 0.6) is 0 Å². The van der Waals surface area contributed by atoms with Crippen molar-refractivity contribution in [2.24, 2.45) is 0 Å². The Morgan fingerprint density at radius 1 is 1.27 bits per heavy atom. The third kappa shape index (κ3) is 4.83. The van der Waals surface area contributed by atoms with E-state index in [1.807, 2.05) is 20.8 Å².